The van der Waals surface area contributed by atoms with E-state index in [0.717, 1.165) is 28.1 Å². The second-order valence-corrected chi connectivity index (χ2v) is 13.8. The zero-order chi connectivity index (χ0) is 26.9. The summed E-state index contributed by atoms with van der Waals surface area (Å²) in [6, 6.07) is 16.0. The van der Waals surface area contributed by atoms with Gasteiger partial charge in [0.1, 0.15) is 11.6 Å². The van der Waals surface area contributed by atoms with E-state index >= 15 is 0 Å². The molecule has 8 heteroatoms. The van der Waals surface area contributed by atoms with Gasteiger partial charge in [0.05, 0.1) is 16.5 Å². The molecule has 1 unspecified atom stereocenters. The third-order valence-electron chi connectivity index (χ3n) is 8.12. The van der Waals surface area contributed by atoms with Crippen LogP contribution in [0.3, 0.4) is 0 Å². The number of anilines is 1. The Hall–Kier alpha value is -2.55. The van der Waals surface area contributed by atoms with Gasteiger partial charge in [0.25, 0.3) is 0 Å². The van der Waals surface area contributed by atoms with Gasteiger partial charge >= 0.3 is 0 Å². The third-order valence-corrected chi connectivity index (χ3v) is 10.0. The first-order valence-corrected chi connectivity index (χ1v) is 15.4. The van der Waals surface area contributed by atoms with Gasteiger partial charge in [-0.15, -0.1) is 0 Å². The molecular weight excluding hydrogens is 494 g/mol. The van der Waals surface area contributed by atoms with Crippen LogP contribution in [-0.4, -0.2) is 59.8 Å². The summed E-state index contributed by atoms with van der Waals surface area (Å²) >= 11 is 0. The molecule has 3 aromatic rings. The highest BCUT2D eigenvalue weighted by molar-refractivity contribution is 7.89. The Kier molecular flexibility index (Phi) is 7.76. The number of para-hydroxylation sites is 1. The van der Waals surface area contributed by atoms with Gasteiger partial charge in [0.15, 0.2) is 0 Å². The maximum atomic E-state index is 13.3. The maximum absolute atomic E-state index is 13.3. The summed E-state index contributed by atoms with van der Waals surface area (Å²) in [5.41, 5.74) is 2.06. The summed E-state index contributed by atoms with van der Waals surface area (Å²) < 4.78 is 28.3. The quantitative estimate of drug-likeness (QED) is 0.434. The Morgan fingerprint density at radius 3 is 2.21 bits per heavy atom. The number of piperazine rings is 1. The predicted molar refractivity (Wildman–Crippen MR) is 154 cm³/mol. The second kappa shape index (κ2) is 10.9. The van der Waals surface area contributed by atoms with Crippen molar-refractivity contribution in [3.63, 3.8) is 0 Å². The van der Waals surface area contributed by atoms with Crippen LogP contribution < -0.4 is 5.32 Å². The van der Waals surface area contributed by atoms with Crippen molar-refractivity contribution in [1.82, 2.24) is 19.2 Å². The number of nitrogens with one attached hydrogen (secondary N) is 1. The van der Waals surface area contributed by atoms with Crippen molar-refractivity contribution < 1.29 is 8.42 Å². The van der Waals surface area contributed by atoms with Crippen LogP contribution in [0.4, 0.5) is 5.82 Å². The van der Waals surface area contributed by atoms with E-state index in [1.54, 1.807) is 16.4 Å². The number of rotatable bonds is 6. The Morgan fingerprint density at radius 2 is 1.55 bits per heavy atom. The van der Waals surface area contributed by atoms with Crippen molar-refractivity contribution in [2.45, 2.75) is 82.2 Å². The highest BCUT2D eigenvalue weighted by Crippen LogP contribution is 2.30. The first-order valence-electron chi connectivity index (χ1n) is 14.0. The minimum Gasteiger partial charge on any atom is -0.367 e. The predicted octanol–water partition coefficient (Wildman–Crippen LogP) is 5.74. The molecule has 2 aromatic carbocycles. The molecule has 38 heavy (non-hydrogen) atoms. The molecule has 2 aliphatic rings. The van der Waals surface area contributed by atoms with E-state index in [1.807, 2.05) is 24.3 Å². The van der Waals surface area contributed by atoms with E-state index < -0.39 is 10.0 Å². The highest BCUT2D eigenvalue weighted by Gasteiger charge is 2.31. The van der Waals surface area contributed by atoms with Crippen molar-refractivity contribution in [2.24, 2.45) is 0 Å². The van der Waals surface area contributed by atoms with Gasteiger partial charge in [-0.3, -0.25) is 4.90 Å². The molecule has 2 fully saturated rings. The Morgan fingerprint density at radius 1 is 0.895 bits per heavy atom. The van der Waals surface area contributed by atoms with Crippen LogP contribution in [0.15, 0.2) is 53.4 Å². The van der Waals surface area contributed by atoms with Gasteiger partial charge in [-0.1, -0.05) is 64.3 Å². The zero-order valence-electron chi connectivity index (χ0n) is 23.2. The maximum Gasteiger partial charge on any atom is 0.243 e. The van der Waals surface area contributed by atoms with Gasteiger partial charge in [-0.25, -0.2) is 18.4 Å². The lowest BCUT2D eigenvalue weighted by molar-refractivity contribution is 0.141. The zero-order valence-corrected chi connectivity index (χ0v) is 24.0. The molecule has 0 bridgehead atoms. The number of fused-ring (bicyclic) bond motifs is 1. The number of nitrogens with zero attached hydrogens (tertiary/aromatic N) is 4. The molecule has 0 radical (unpaired) electrons. The summed E-state index contributed by atoms with van der Waals surface area (Å²) in [6.45, 7) is 10.7. The third kappa shape index (κ3) is 5.72. The van der Waals surface area contributed by atoms with Crippen LogP contribution in [0.5, 0.6) is 0 Å². The number of hydrogen-bond donors (Lipinski definition) is 1. The van der Waals surface area contributed by atoms with Crippen molar-refractivity contribution >= 4 is 26.7 Å². The molecule has 0 amide bonds. The summed E-state index contributed by atoms with van der Waals surface area (Å²) in [6.07, 6.45) is 6.20. The SMILES string of the molecule is CC(c1nc(NC2CCCCC2)c2ccccc2n1)N1CCN(S(=O)(=O)c2ccc(C(C)(C)C)cc2)CC1. The molecule has 1 aliphatic carbocycles. The lowest BCUT2D eigenvalue weighted by Crippen LogP contribution is -2.49. The van der Waals surface area contributed by atoms with Crippen LogP contribution >= 0.6 is 0 Å². The number of sulfonamides is 1. The number of aromatic nitrogens is 2. The second-order valence-electron chi connectivity index (χ2n) is 11.8. The molecule has 1 saturated heterocycles. The molecular formula is C30H41N5O2S. The van der Waals surface area contributed by atoms with Gasteiger partial charge < -0.3 is 5.32 Å². The van der Waals surface area contributed by atoms with Gasteiger partial charge in [-0.2, -0.15) is 4.31 Å². The summed E-state index contributed by atoms with van der Waals surface area (Å²) in [7, 11) is -3.52. The molecule has 1 N–H and O–H groups in total. The van der Waals surface area contributed by atoms with E-state index in [1.165, 1.54) is 32.1 Å². The van der Waals surface area contributed by atoms with Crippen LogP contribution in [-0.2, 0) is 15.4 Å². The number of hydrogen-bond acceptors (Lipinski definition) is 6. The van der Waals surface area contributed by atoms with Crippen molar-refractivity contribution in [3.05, 3.63) is 59.9 Å². The topological polar surface area (TPSA) is 78.4 Å². The van der Waals surface area contributed by atoms with Crippen LogP contribution in [0.1, 0.15) is 77.2 Å². The Bertz CT molecular complexity index is 1350. The Balaban J connectivity index is 1.30. The van der Waals surface area contributed by atoms with Crippen molar-refractivity contribution in [2.75, 3.05) is 31.5 Å². The molecule has 1 atom stereocenters. The monoisotopic (exact) mass is 535 g/mol. The van der Waals surface area contributed by atoms with Gasteiger partial charge in [-0.05, 0) is 55.0 Å². The average Bonchev–Trinajstić information content (AvgIpc) is 2.93. The van der Waals surface area contributed by atoms with Crippen LogP contribution in [0.2, 0.25) is 0 Å². The van der Waals surface area contributed by atoms with E-state index in [9.17, 15) is 8.42 Å². The molecule has 204 valence electrons. The van der Waals surface area contributed by atoms with E-state index in [4.69, 9.17) is 9.97 Å². The molecule has 1 saturated carbocycles. The molecule has 0 spiro atoms. The van der Waals surface area contributed by atoms with Gasteiger partial charge in [0, 0.05) is 37.6 Å². The molecule has 1 aliphatic heterocycles. The fourth-order valence-corrected chi connectivity index (χ4v) is 7.02. The average molecular weight is 536 g/mol. The summed E-state index contributed by atoms with van der Waals surface area (Å²) in [5, 5.41) is 4.78. The standard InChI is InChI=1S/C30H41N5O2S/c1-22(28-32-27-13-9-8-12-26(27)29(33-28)31-24-10-6-5-7-11-24)34-18-20-35(21-19-34)38(36,37)25-16-14-23(15-17-25)30(2,3)4/h8-9,12-17,22,24H,5-7,10-11,18-21H2,1-4H3,(H,31,32,33). The molecule has 5 rings (SSSR count). The lowest BCUT2D eigenvalue weighted by atomic mass is 9.87. The highest BCUT2D eigenvalue weighted by atomic mass is 32.2. The number of benzene rings is 2. The first kappa shape index (κ1) is 27.0. The van der Waals surface area contributed by atoms with Crippen LogP contribution in [0.25, 0.3) is 10.9 Å². The molecule has 7 nitrogen and oxygen atoms in total. The van der Waals surface area contributed by atoms with Crippen LogP contribution in [0, 0.1) is 0 Å². The summed E-state index contributed by atoms with van der Waals surface area (Å²) in [5.74, 6) is 1.71. The van der Waals surface area contributed by atoms with E-state index in [-0.39, 0.29) is 11.5 Å². The normalized spacial score (nSPS) is 19.5. The summed E-state index contributed by atoms with van der Waals surface area (Å²) in [4.78, 5) is 12.6. The lowest BCUT2D eigenvalue weighted by Gasteiger charge is -2.37. The van der Waals surface area contributed by atoms with Crippen molar-refractivity contribution in [3.8, 4) is 0 Å². The minimum absolute atomic E-state index is 0.0116. The fraction of sp³-hybridized carbons (Fsp3) is 0.533. The smallest absolute Gasteiger partial charge is 0.243 e. The van der Waals surface area contributed by atoms with E-state index in [0.29, 0.717) is 37.1 Å². The minimum atomic E-state index is -3.52. The Labute approximate surface area is 227 Å². The van der Waals surface area contributed by atoms with Crippen molar-refractivity contribution in [1.29, 1.82) is 0 Å². The van der Waals surface area contributed by atoms with E-state index in [2.05, 4.69) is 50.0 Å². The fourth-order valence-electron chi connectivity index (χ4n) is 5.60. The largest absolute Gasteiger partial charge is 0.367 e. The molecule has 1 aromatic heterocycles. The first-order chi connectivity index (χ1) is 18.1. The van der Waals surface area contributed by atoms with Gasteiger partial charge in [0.2, 0.25) is 10.0 Å². The molecule has 2 heterocycles.